The predicted molar refractivity (Wildman–Crippen MR) is 109 cm³/mol. The molecule has 2 heterocycles. The average molecular weight is 391 g/mol. The van der Waals surface area contributed by atoms with Crippen LogP contribution in [0.25, 0.3) is 11.5 Å². The van der Waals surface area contributed by atoms with Gasteiger partial charge >= 0.3 is 0 Å². The van der Waals surface area contributed by atoms with E-state index < -0.39 is 0 Å². The van der Waals surface area contributed by atoms with Crippen molar-refractivity contribution in [3.05, 3.63) is 66.0 Å². The maximum absolute atomic E-state index is 12.6. The molecule has 6 nitrogen and oxygen atoms in total. The number of carbonyl (C=O) groups is 1. The van der Waals surface area contributed by atoms with Gasteiger partial charge in [0, 0.05) is 19.4 Å². The fourth-order valence-electron chi connectivity index (χ4n) is 3.63. The van der Waals surface area contributed by atoms with Crippen LogP contribution in [0.5, 0.6) is 5.75 Å². The Balaban J connectivity index is 1.31. The Bertz CT molecular complexity index is 955. The highest BCUT2D eigenvalue weighted by Crippen LogP contribution is 2.30. The molecule has 4 rings (SSSR count). The lowest BCUT2D eigenvalue weighted by Crippen LogP contribution is -2.30. The highest BCUT2D eigenvalue weighted by atomic mass is 16.5. The predicted octanol–water partition coefficient (Wildman–Crippen LogP) is 4.05. The van der Waals surface area contributed by atoms with Crippen LogP contribution in [0.15, 0.2) is 59.1 Å². The minimum atomic E-state index is -0.0294. The monoisotopic (exact) mass is 391 g/mol. The van der Waals surface area contributed by atoms with Crippen molar-refractivity contribution in [2.24, 2.45) is 0 Å². The van der Waals surface area contributed by atoms with Crippen LogP contribution >= 0.6 is 0 Å². The number of aryl methyl sites for hydroxylation is 2. The van der Waals surface area contributed by atoms with E-state index in [2.05, 4.69) is 22.3 Å². The number of hydrogen-bond acceptors (Lipinski definition) is 5. The third-order valence-corrected chi connectivity index (χ3v) is 5.14. The first-order valence-electron chi connectivity index (χ1n) is 10.1. The van der Waals surface area contributed by atoms with Crippen molar-refractivity contribution in [3.8, 4) is 17.2 Å². The fourth-order valence-corrected chi connectivity index (χ4v) is 3.63. The molecule has 1 amide bonds. The molecule has 1 atom stereocenters. The van der Waals surface area contributed by atoms with Gasteiger partial charge in [-0.2, -0.15) is 4.98 Å². The van der Waals surface area contributed by atoms with Gasteiger partial charge in [0.1, 0.15) is 11.9 Å². The number of aromatic nitrogens is 2. The molecular formula is C23H25N3O3. The zero-order valence-corrected chi connectivity index (χ0v) is 16.6. The van der Waals surface area contributed by atoms with E-state index in [0.29, 0.717) is 30.4 Å². The molecule has 29 heavy (non-hydrogen) atoms. The summed E-state index contributed by atoms with van der Waals surface area (Å²) in [6, 6.07) is 17.9. The number of benzene rings is 2. The van der Waals surface area contributed by atoms with Gasteiger partial charge in [-0.25, -0.2) is 0 Å². The van der Waals surface area contributed by atoms with Gasteiger partial charge in [-0.15, -0.1) is 0 Å². The van der Waals surface area contributed by atoms with Crippen LogP contribution in [0, 0.1) is 6.92 Å². The fraction of sp³-hybridized carbons (Fsp3) is 0.348. The number of likely N-dealkylation sites (tertiary alicyclic amines) is 1. The van der Waals surface area contributed by atoms with Crippen LogP contribution in [0.3, 0.4) is 0 Å². The maximum Gasteiger partial charge on any atom is 0.261 e. The summed E-state index contributed by atoms with van der Waals surface area (Å²) in [4.78, 5) is 18.8. The first kappa shape index (κ1) is 19.2. The normalized spacial score (nSPS) is 16.2. The van der Waals surface area contributed by atoms with E-state index in [0.717, 1.165) is 31.4 Å². The Morgan fingerprint density at radius 3 is 2.76 bits per heavy atom. The summed E-state index contributed by atoms with van der Waals surface area (Å²) >= 11 is 0. The quantitative estimate of drug-likeness (QED) is 0.608. The van der Waals surface area contributed by atoms with Crippen molar-refractivity contribution in [1.29, 1.82) is 0 Å². The summed E-state index contributed by atoms with van der Waals surface area (Å²) in [6.07, 6.45) is 3.15. The van der Waals surface area contributed by atoms with Gasteiger partial charge in [0.2, 0.25) is 5.91 Å². The molecule has 0 radical (unpaired) electrons. The molecule has 0 spiro atoms. The summed E-state index contributed by atoms with van der Waals surface area (Å²) in [5, 5.41) is 3.86. The second kappa shape index (κ2) is 8.90. The average Bonchev–Trinajstić information content (AvgIpc) is 3.38. The SMILES string of the molecule is Cc1noc(-c2ccccc2OC2CCN(C(=O)CCCc3ccccc3)C2)n1. The Kier molecular flexibility index (Phi) is 5.89. The molecule has 2 aromatic carbocycles. The summed E-state index contributed by atoms with van der Waals surface area (Å²) < 4.78 is 11.5. The Morgan fingerprint density at radius 1 is 1.17 bits per heavy atom. The Morgan fingerprint density at radius 2 is 1.97 bits per heavy atom. The van der Waals surface area contributed by atoms with Crippen molar-refractivity contribution >= 4 is 5.91 Å². The van der Waals surface area contributed by atoms with E-state index in [1.165, 1.54) is 5.56 Å². The van der Waals surface area contributed by atoms with Crippen LogP contribution in [0.1, 0.15) is 30.7 Å². The van der Waals surface area contributed by atoms with Crippen LogP contribution in [0.2, 0.25) is 0 Å². The van der Waals surface area contributed by atoms with Gasteiger partial charge in [0.25, 0.3) is 5.89 Å². The molecule has 0 N–H and O–H groups in total. The lowest BCUT2D eigenvalue weighted by molar-refractivity contribution is -0.130. The summed E-state index contributed by atoms with van der Waals surface area (Å²) in [6.45, 7) is 3.13. The summed E-state index contributed by atoms with van der Waals surface area (Å²) in [7, 11) is 0. The minimum Gasteiger partial charge on any atom is -0.488 e. The largest absolute Gasteiger partial charge is 0.488 e. The van der Waals surface area contributed by atoms with Crippen molar-refractivity contribution in [2.45, 2.75) is 38.7 Å². The lowest BCUT2D eigenvalue weighted by Gasteiger charge is -2.18. The molecule has 6 heteroatoms. The highest BCUT2D eigenvalue weighted by Gasteiger charge is 2.28. The number of amides is 1. The van der Waals surface area contributed by atoms with E-state index >= 15 is 0 Å². The molecule has 3 aromatic rings. The molecule has 0 aliphatic carbocycles. The van der Waals surface area contributed by atoms with Gasteiger partial charge in [0.05, 0.1) is 12.1 Å². The Labute approximate surface area is 170 Å². The second-order valence-electron chi connectivity index (χ2n) is 7.35. The minimum absolute atomic E-state index is 0.0294. The molecule has 150 valence electrons. The topological polar surface area (TPSA) is 68.5 Å². The molecule has 0 saturated carbocycles. The van der Waals surface area contributed by atoms with Crippen molar-refractivity contribution in [2.75, 3.05) is 13.1 Å². The lowest BCUT2D eigenvalue weighted by atomic mass is 10.1. The van der Waals surface area contributed by atoms with E-state index in [9.17, 15) is 4.79 Å². The van der Waals surface area contributed by atoms with Crippen LogP contribution < -0.4 is 4.74 Å². The molecule has 0 bridgehead atoms. The van der Waals surface area contributed by atoms with Gasteiger partial charge < -0.3 is 14.2 Å². The third kappa shape index (κ3) is 4.83. The molecule has 1 fully saturated rings. The molecule has 1 saturated heterocycles. The summed E-state index contributed by atoms with van der Waals surface area (Å²) in [5.74, 6) is 1.94. The molecular weight excluding hydrogens is 366 g/mol. The van der Waals surface area contributed by atoms with E-state index in [-0.39, 0.29) is 12.0 Å². The van der Waals surface area contributed by atoms with Crippen LogP contribution in [-0.4, -0.2) is 40.1 Å². The number of nitrogens with zero attached hydrogens (tertiary/aromatic N) is 3. The number of rotatable bonds is 7. The number of ether oxygens (including phenoxy) is 1. The number of carbonyl (C=O) groups excluding carboxylic acids is 1. The zero-order chi connectivity index (χ0) is 20.1. The standard InChI is InChI=1S/C23H25N3O3/c1-17-24-23(29-25-17)20-11-5-6-12-21(20)28-19-14-15-26(16-19)22(27)13-7-10-18-8-3-2-4-9-18/h2-6,8-9,11-12,19H,7,10,13-16H2,1H3. The van der Waals surface area contributed by atoms with Crippen LogP contribution in [0.4, 0.5) is 0 Å². The zero-order valence-electron chi connectivity index (χ0n) is 16.6. The summed E-state index contributed by atoms with van der Waals surface area (Å²) in [5.41, 5.74) is 2.05. The third-order valence-electron chi connectivity index (χ3n) is 5.14. The number of para-hydroxylation sites is 1. The molecule has 1 aliphatic rings. The van der Waals surface area contributed by atoms with Crippen molar-refractivity contribution in [1.82, 2.24) is 15.0 Å². The van der Waals surface area contributed by atoms with E-state index in [4.69, 9.17) is 9.26 Å². The molecule has 1 unspecified atom stereocenters. The smallest absolute Gasteiger partial charge is 0.261 e. The van der Waals surface area contributed by atoms with E-state index in [1.807, 2.05) is 47.4 Å². The van der Waals surface area contributed by atoms with Gasteiger partial charge in [-0.3, -0.25) is 4.79 Å². The highest BCUT2D eigenvalue weighted by molar-refractivity contribution is 5.76. The van der Waals surface area contributed by atoms with Gasteiger partial charge in [-0.05, 0) is 37.5 Å². The molecule has 1 aliphatic heterocycles. The molecule has 1 aromatic heterocycles. The van der Waals surface area contributed by atoms with Crippen molar-refractivity contribution in [3.63, 3.8) is 0 Å². The van der Waals surface area contributed by atoms with Gasteiger partial charge in [0.15, 0.2) is 5.82 Å². The van der Waals surface area contributed by atoms with Crippen molar-refractivity contribution < 1.29 is 14.1 Å². The van der Waals surface area contributed by atoms with E-state index in [1.54, 1.807) is 6.92 Å². The second-order valence-corrected chi connectivity index (χ2v) is 7.35. The van der Waals surface area contributed by atoms with Gasteiger partial charge in [-0.1, -0.05) is 47.6 Å². The van der Waals surface area contributed by atoms with Crippen LogP contribution in [-0.2, 0) is 11.2 Å². The first-order valence-corrected chi connectivity index (χ1v) is 10.1. The maximum atomic E-state index is 12.6. The Hall–Kier alpha value is -3.15. The number of hydrogen-bond donors (Lipinski definition) is 0. The first-order chi connectivity index (χ1) is 14.2.